The first-order chi connectivity index (χ1) is 15.2. The molecule has 0 bridgehead atoms. The normalized spacial score (nSPS) is 12.4. The van der Waals surface area contributed by atoms with Crippen molar-refractivity contribution in [1.29, 1.82) is 0 Å². The van der Waals surface area contributed by atoms with Gasteiger partial charge in [0.05, 0.1) is 6.42 Å². The van der Waals surface area contributed by atoms with Crippen LogP contribution in [0.1, 0.15) is 56.7 Å². The topological polar surface area (TPSA) is 46.5 Å². The number of carbonyl (C=O) groups is 1. The smallest absolute Gasteiger partial charge is 0.303 e. The molecular weight excluding hydrogens is 416 g/mol. The molecule has 0 saturated heterocycles. The zero-order chi connectivity index (χ0) is 23.3. The number of aliphatic carboxylic acids is 1. The van der Waals surface area contributed by atoms with Crippen LogP contribution in [0, 0.1) is 0 Å². The van der Waals surface area contributed by atoms with E-state index in [1.807, 2.05) is 31.2 Å². The molecule has 32 heavy (non-hydrogen) atoms. The Morgan fingerprint density at radius 1 is 1.03 bits per heavy atom. The monoisotopic (exact) mass is 448 g/mol. The van der Waals surface area contributed by atoms with E-state index in [-0.39, 0.29) is 17.8 Å². The van der Waals surface area contributed by atoms with Crippen LogP contribution in [0.15, 0.2) is 71.6 Å². The zero-order valence-corrected chi connectivity index (χ0v) is 20.3. The van der Waals surface area contributed by atoms with Gasteiger partial charge < -0.3 is 9.84 Å². The molecule has 0 heterocycles. The van der Waals surface area contributed by atoms with Gasteiger partial charge in [0.1, 0.15) is 12.4 Å². The Balaban J connectivity index is 1.83. The maximum absolute atomic E-state index is 11.0. The molecule has 0 aromatic heterocycles. The lowest BCUT2D eigenvalue weighted by molar-refractivity contribution is -0.137. The maximum Gasteiger partial charge on any atom is 0.303 e. The van der Waals surface area contributed by atoms with E-state index in [1.54, 1.807) is 11.8 Å². The lowest BCUT2D eigenvalue weighted by Gasteiger charge is -2.24. The average molecular weight is 449 g/mol. The third kappa shape index (κ3) is 6.17. The Morgan fingerprint density at radius 2 is 1.78 bits per heavy atom. The fourth-order valence-corrected chi connectivity index (χ4v) is 4.26. The molecular formula is C28H32O3S. The summed E-state index contributed by atoms with van der Waals surface area (Å²) in [5.41, 5.74) is 5.86. The van der Waals surface area contributed by atoms with Gasteiger partial charge in [-0.3, -0.25) is 4.79 Å². The molecule has 0 aliphatic carbocycles. The summed E-state index contributed by atoms with van der Waals surface area (Å²) in [6, 6.07) is 23.0. The Labute approximate surface area is 195 Å². The molecule has 168 valence electrons. The second-order valence-corrected chi connectivity index (χ2v) is 10.1. The van der Waals surface area contributed by atoms with Crippen molar-refractivity contribution in [3.05, 3.63) is 83.4 Å². The van der Waals surface area contributed by atoms with Gasteiger partial charge >= 0.3 is 5.97 Å². The standard InChI is InChI=1S/C28H32O3S/c1-19(14-27(29)30)21-8-6-10-23(16-21)31-18-20-12-13-25(26(15-20)28(2,3)4)22-9-7-11-24(17-22)32-5/h6-13,15-17,19H,14,18H2,1-5H3,(H,29,30)/t19-/m1/s1. The summed E-state index contributed by atoms with van der Waals surface area (Å²) >= 11 is 1.75. The van der Waals surface area contributed by atoms with Gasteiger partial charge in [-0.15, -0.1) is 11.8 Å². The number of thioether (sulfide) groups is 1. The SMILES string of the molecule is CSc1cccc(-c2ccc(COc3cccc([C@H](C)CC(=O)O)c3)cc2C(C)(C)C)c1. The second-order valence-electron chi connectivity index (χ2n) is 9.22. The fourth-order valence-electron chi connectivity index (χ4n) is 3.80. The van der Waals surface area contributed by atoms with E-state index < -0.39 is 5.97 Å². The summed E-state index contributed by atoms with van der Waals surface area (Å²) < 4.78 is 6.09. The third-order valence-corrected chi connectivity index (χ3v) is 6.31. The van der Waals surface area contributed by atoms with E-state index in [2.05, 4.69) is 69.5 Å². The minimum atomic E-state index is -0.790. The molecule has 3 aromatic rings. The van der Waals surface area contributed by atoms with Crippen LogP contribution in [0.3, 0.4) is 0 Å². The summed E-state index contributed by atoms with van der Waals surface area (Å²) in [5.74, 6) is -0.0876. The third-order valence-electron chi connectivity index (χ3n) is 5.59. The van der Waals surface area contributed by atoms with Gasteiger partial charge in [-0.1, -0.05) is 70.2 Å². The molecule has 0 radical (unpaired) electrons. The number of ether oxygens (including phenoxy) is 1. The lowest BCUT2D eigenvalue weighted by Crippen LogP contribution is -2.14. The molecule has 3 aromatic carbocycles. The van der Waals surface area contributed by atoms with Gasteiger partial charge in [-0.2, -0.15) is 0 Å². The minimum absolute atomic E-state index is 0.00706. The summed E-state index contributed by atoms with van der Waals surface area (Å²) in [6.45, 7) is 9.10. The van der Waals surface area contributed by atoms with Crippen molar-refractivity contribution in [2.75, 3.05) is 6.26 Å². The average Bonchev–Trinajstić information content (AvgIpc) is 2.76. The molecule has 0 aliphatic heterocycles. The summed E-state index contributed by atoms with van der Waals surface area (Å²) in [7, 11) is 0. The van der Waals surface area contributed by atoms with Crippen molar-refractivity contribution in [3.8, 4) is 16.9 Å². The highest BCUT2D eigenvalue weighted by atomic mass is 32.2. The first-order valence-corrected chi connectivity index (χ1v) is 12.1. The van der Waals surface area contributed by atoms with Gasteiger partial charge in [0.15, 0.2) is 0 Å². The lowest BCUT2D eigenvalue weighted by atomic mass is 9.81. The molecule has 0 unspecified atom stereocenters. The van der Waals surface area contributed by atoms with Crippen molar-refractivity contribution in [2.45, 2.75) is 57.0 Å². The van der Waals surface area contributed by atoms with Crippen LogP contribution in [-0.2, 0) is 16.8 Å². The van der Waals surface area contributed by atoms with Crippen molar-refractivity contribution >= 4 is 17.7 Å². The number of hydrogen-bond donors (Lipinski definition) is 1. The van der Waals surface area contributed by atoms with Gasteiger partial charge in [0.2, 0.25) is 0 Å². The van der Waals surface area contributed by atoms with Gasteiger partial charge in [-0.25, -0.2) is 0 Å². The van der Waals surface area contributed by atoms with E-state index in [0.29, 0.717) is 6.61 Å². The Kier molecular flexibility index (Phi) is 7.68. The first kappa shape index (κ1) is 23.9. The van der Waals surface area contributed by atoms with Gasteiger partial charge in [0, 0.05) is 4.90 Å². The maximum atomic E-state index is 11.0. The van der Waals surface area contributed by atoms with E-state index in [9.17, 15) is 4.79 Å². The quantitative estimate of drug-likeness (QED) is 0.362. The van der Waals surface area contributed by atoms with Gasteiger partial charge in [0.25, 0.3) is 0 Å². The van der Waals surface area contributed by atoms with Crippen molar-refractivity contribution in [3.63, 3.8) is 0 Å². The van der Waals surface area contributed by atoms with Crippen LogP contribution in [0.2, 0.25) is 0 Å². The Bertz CT molecular complexity index is 1080. The molecule has 4 heteroatoms. The Morgan fingerprint density at radius 3 is 2.47 bits per heavy atom. The molecule has 0 spiro atoms. The summed E-state index contributed by atoms with van der Waals surface area (Å²) in [4.78, 5) is 12.3. The van der Waals surface area contributed by atoms with E-state index in [0.717, 1.165) is 16.9 Å². The number of benzene rings is 3. The molecule has 0 fully saturated rings. The van der Waals surface area contributed by atoms with Crippen molar-refractivity contribution < 1.29 is 14.6 Å². The second kappa shape index (κ2) is 10.3. The van der Waals surface area contributed by atoms with Crippen LogP contribution in [0.4, 0.5) is 0 Å². The molecule has 3 nitrogen and oxygen atoms in total. The van der Waals surface area contributed by atoms with Crippen LogP contribution in [0.5, 0.6) is 5.75 Å². The molecule has 1 N–H and O–H groups in total. The number of hydrogen-bond acceptors (Lipinski definition) is 3. The van der Waals surface area contributed by atoms with Crippen LogP contribution >= 0.6 is 11.8 Å². The van der Waals surface area contributed by atoms with Crippen LogP contribution in [-0.4, -0.2) is 17.3 Å². The highest BCUT2D eigenvalue weighted by Gasteiger charge is 2.20. The zero-order valence-electron chi connectivity index (χ0n) is 19.5. The van der Waals surface area contributed by atoms with Gasteiger partial charge in [-0.05, 0) is 69.7 Å². The van der Waals surface area contributed by atoms with Crippen molar-refractivity contribution in [2.24, 2.45) is 0 Å². The van der Waals surface area contributed by atoms with E-state index in [4.69, 9.17) is 9.84 Å². The summed E-state index contributed by atoms with van der Waals surface area (Å²) in [5, 5.41) is 9.06. The summed E-state index contributed by atoms with van der Waals surface area (Å²) in [6.07, 6.45) is 2.21. The Hall–Kier alpha value is -2.72. The first-order valence-electron chi connectivity index (χ1n) is 10.9. The molecule has 0 saturated carbocycles. The number of carboxylic acid groups (broad SMARTS) is 1. The fraction of sp³-hybridized carbons (Fsp3) is 0.321. The highest BCUT2D eigenvalue weighted by Crippen LogP contribution is 2.35. The number of carboxylic acids is 1. The van der Waals surface area contributed by atoms with Crippen LogP contribution < -0.4 is 4.74 Å². The number of rotatable bonds is 8. The van der Waals surface area contributed by atoms with Crippen LogP contribution in [0.25, 0.3) is 11.1 Å². The van der Waals surface area contributed by atoms with Crippen molar-refractivity contribution in [1.82, 2.24) is 0 Å². The predicted molar refractivity (Wildman–Crippen MR) is 134 cm³/mol. The molecule has 0 aliphatic rings. The van der Waals surface area contributed by atoms with E-state index in [1.165, 1.54) is 21.6 Å². The highest BCUT2D eigenvalue weighted by molar-refractivity contribution is 7.98. The van der Waals surface area contributed by atoms with E-state index >= 15 is 0 Å². The largest absolute Gasteiger partial charge is 0.489 e. The molecule has 3 rings (SSSR count). The predicted octanol–water partition coefficient (Wildman–Crippen LogP) is 7.53. The minimum Gasteiger partial charge on any atom is -0.489 e. The molecule has 1 atom stereocenters. The molecule has 0 amide bonds.